The molecule has 3 amide bonds. The Hall–Kier alpha value is -7.13. The highest BCUT2D eigenvalue weighted by Gasteiger charge is 2.43. The number of benzene rings is 3. The number of methoxy groups -OCH3 is 1. The molecule has 3 fully saturated rings. The molecular weight excluding hydrogens is 1070 g/mol. The molecule has 6 bridgehead atoms. The summed E-state index contributed by atoms with van der Waals surface area (Å²) in [5, 5.41) is 21.7. The predicted molar refractivity (Wildman–Crippen MR) is 317 cm³/mol. The quantitative estimate of drug-likeness (QED) is 0.0638. The summed E-state index contributed by atoms with van der Waals surface area (Å²) in [6.45, 7) is 13.8. The SMILES string of the molecule is CCn1c(-c2cc(-c3cnn(CC4CCS(=O)(=O)CC4)c3)cnc2[C@H](C)OC)c2c3cc(ccc31)-c1cc(O)cc(c1)C[C@H](NC(=O)[C@H](C(C)C)N(C)C(=O)C1OCC[C@@H]1c1ccc(N)cc1)C(=O)N1CCC[C@H](N1)C(=O)OCC(C)(C)C2. The van der Waals surface area contributed by atoms with E-state index in [2.05, 4.69) is 54.3 Å². The molecule has 3 saturated heterocycles. The number of hydrazine groups is 1. The van der Waals surface area contributed by atoms with Crippen molar-refractivity contribution in [1.82, 2.24) is 40.0 Å². The fourth-order valence-corrected chi connectivity index (χ4v) is 14.3. The van der Waals surface area contributed by atoms with Crippen molar-refractivity contribution in [2.24, 2.45) is 17.3 Å². The molecule has 442 valence electrons. The van der Waals surface area contributed by atoms with Crippen LogP contribution in [0.5, 0.6) is 5.75 Å². The number of hydrogen-bond acceptors (Lipinski definition) is 14. The number of anilines is 1. The van der Waals surface area contributed by atoms with Crippen molar-refractivity contribution >= 4 is 50.1 Å². The fourth-order valence-electron chi connectivity index (χ4n) is 12.7. The summed E-state index contributed by atoms with van der Waals surface area (Å²) in [5.41, 5.74) is 18.2. The smallest absolute Gasteiger partial charge is 0.324 e. The number of nitrogen functional groups attached to an aromatic ring is 1. The van der Waals surface area contributed by atoms with Gasteiger partial charge in [0, 0.05) is 104 Å². The van der Waals surface area contributed by atoms with Crippen LogP contribution in [0.4, 0.5) is 5.69 Å². The molecule has 1 unspecified atom stereocenters. The van der Waals surface area contributed by atoms with Gasteiger partial charge in [-0.25, -0.2) is 13.8 Å². The Kier molecular flexibility index (Phi) is 17.2. The van der Waals surface area contributed by atoms with E-state index in [0.717, 1.165) is 55.7 Å². The molecule has 5 N–H and O–H groups in total. The summed E-state index contributed by atoms with van der Waals surface area (Å²) in [7, 11) is 0.254. The number of likely N-dealkylation sites (N-methyl/N-ethyl adjacent to an activating group) is 1. The van der Waals surface area contributed by atoms with Gasteiger partial charge >= 0.3 is 5.97 Å². The second-order valence-electron chi connectivity index (χ2n) is 24.3. The molecule has 0 saturated carbocycles. The van der Waals surface area contributed by atoms with Gasteiger partial charge in [0.2, 0.25) is 5.91 Å². The monoisotopic (exact) mass is 1150 g/mol. The fraction of sp³-hybridized carbons (Fsp3) is 0.492. The Labute approximate surface area is 486 Å². The highest BCUT2D eigenvalue weighted by atomic mass is 32.2. The summed E-state index contributed by atoms with van der Waals surface area (Å²) in [6.07, 6.45) is 7.54. The molecule has 6 atom stereocenters. The van der Waals surface area contributed by atoms with Crippen LogP contribution < -0.4 is 16.5 Å². The number of cyclic esters (lactones) is 1. The number of fused-ring (bicyclic) bond motifs is 6. The normalized spacial score (nSPS) is 22.0. The van der Waals surface area contributed by atoms with E-state index in [9.17, 15) is 32.7 Å². The first-order chi connectivity index (χ1) is 39.6. The number of carbonyl (C=O) groups is 4. The van der Waals surface area contributed by atoms with Crippen LogP contribution in [-0.4, -0.2) is 136 Å². The molecule has 4 aliphatic heterocycles. The molecule has 0 spiro atoms. The van der Waals surface area contributed by atoms with Gasteiger partial charge in [0.25, 0.3) is 11.8 Å². The minimum Gasteiger partial charge on any atom is -0.508 e. The summed E-state index contributed by atoms with van der Waals surface area (Å²) in [4.78, 5) is 65.1. The number of nitrogens with one attached hydrogen (secondary N) is 2. The number of esters is 1. The minimum absolute atomic E-state index is 0.0368. The largest absolute Gasteiger partial charge is 0.508 e. The van der Waals surface area contributed by atoms with Crippen LogP contribution >= 0.6 is 0 Å². The molecule has 10 rings (SSSR count). The van der Waals surface area contributed by atoms with E-state index in [1.165, 1.54) is 9.91 Å². The summed E-state index contributed by atoms with van der Waals surface area (Å²) in [6, 6.07) is 17.9. The van der Waals surface area contributed by atoms with Gasteiger partial charge in [0.15, 0.2) is 0 Å². The van der Waals surface area contributed by atoms with Crippen LogP contribution in [0.1, 0.15) is 108 Å². The van der Waals surface area contributed by atoms with Crippen LogP contribution in [-0.2, 0) is 69.2 Å². The predicted octanol–water partition coefficient (Wildman–Crippen LogP) is 7.78. The zero-order chi connectivity index (χ0) is 59.1. The topological polar surface area (TPSA) is 243 Å². The summed E-state index contributed by atoms with van der Waals surface area (Å²) >= 11 is 0. The van der Waals surface area contributed by atoms with Gasteiger partial charge in [-0.05, 0) is 134 Å². The number of rotatable bonds is 13. The average molecular weight is 1150 g/mol. The molecule has 3 aromatic carbocycles. The van der Waals surface area contributed by atoms with E-state index in [-0.39, 0.29) is 60.5 Å². The first-order valence-electron chi connectivity index (χ1n) is 29.1. The van der Waals surface area contributed by atoms with Crippen LogP contribution in [0.3, 0.4) is 0 Å². The van der Waals surface area contributed by atoms with E-state index < -0.39 is 63.4 Å². The lowest BCUT2D eigenvalue weighted by molar-refractivity contribution is -0.155. The molecule has 0 radical (unpaired) electrons. The van der Waals surface area contributed by atoms with E-state index in [1.807, 2.05) is 68.3 Å². The number of nitrogens with zero attached hydrogens (tertiary/aromatic N) is 6. The number of hydrogen-bond donors (Lipinski definition) is 4. The lowest BCUT2D eigenvalue weighted by atomic mass is 9.83. The summed E-state index contributed by atoms with van der Waals surface area (Å²) in [5.74, 6) is -1.99. The number of sulfone groups is 1. The Balaban J connectivity index is 1.03. The van der Waals surface area contributed by atoms with E-state index in [1.54, 1.807) is 38.4 Å². The minimum atomic E-state index is -3.00. The maximum atomic E-state index is 15.0. The van der Waals surface area contributed by atoms with Crippen molar-refractivity contribution in [3.63, 3.8) is 0 Å². The molecule has 4 aliphatic rings. The Morgan fingerprint density at radius 2 is 1.72 bits per heavy atom. The first-order valence-corrected chi connectivity index (χ1v) is 31.0. The maximum Gasteiger partial charge on any atom is 0.324 e. The van der Waals surface area contributed by atoms with Crippen LogP contribution in [0, 0.1) is 17.3 Å². The Morgan fingerprint density at radius 3 is 2.45 bits per heavy atom. The van der Waals surface area contributed by atoms with Crippen LogP contribution in [0.2, 0.25) is 0 Å². The van der Waals surface area contributed by atoms with Crippen molar-refractivity contribution in [3.8, 4) is 39.3 Å². The van der Waals surface area contributed by atoms with Gasteiger partial charge in [-0.3, -0.25) is 33.9 Å². The number of carbonyl (C=O) groups excluding carboxylic acids is 4. The molecule has 19 nitrogen and oxygen atoms in total. The van der Waals surface area contributed by atoms with Crippen molar-refractivity contribution in [2.75, 3.05) is 51.2 Å². The van der Waals surface area contributed by atoms with Crippen LogP contribution in [0.25, 0.3) is 44.4 Å². The number of aromatic nitrogens is 4. The number of phenolic OH excluding ortho intramolecular Hbond substituents is 1. The highest BCUT2D eigenvalue weighted by Crippen LogP contribution is 2.44. The van der Waals surface area contributed by atoms with E-state index in [0.29, 0.717) is 75.0 Å². The van der Waals surface area contributed by atoms with Gasteiger partial charge in [-0.2, -0.15) is 5.10 Å². The van der Waals surface area contributed by atoms with Crippen LogP contribution in [0.15, 0.2) is 85.3 Å². The Bertz CT molecular complexity index is 3510. The van der Waals surface area contributed by atoms with Crippen molar-refractivity contribution < 1.29 is 46.9 Å². The van der Waals surface area contributed by atoms with Gasteiger partial charge in [0.05, 0.1) is 41.8 Å². The number of amides is 3. The van der Waals surface area contributed by atoms with Gasteiger partial charge in [-0.1, -0.05) is 52.0 Å². The van der Waals surface area contributed by atoms with Gasteiger partial charge in [-0.15, -0.1) is 0 Å². The average Bonchev–Trinajstić information content (AvgIpc) is 3.28. The van der Waals surface area contributed by atoms with E-state index in [4.69, 9.17) is 30.0 Å². The molecular formula is C63H79N9O10S. The number of pyridine rings is 1. The number of phenols is 1. The zero-order valence-electron chi connectivity index (χ0n) is 48.9. The summed E-state index contributed by atoms with van der Waals surface area (Å²) < 4.78 is 46.9. The van der Waals surface area contributed by atoms with E-state index >= 15 is 0 Å². The number of nitrogens with two attached hydrogens (primary N) is 1. The molecule has 0 aliphatic carbocycles. The number of aromatic hydroxyl groups is 1. The third kappa shape index (κ3) is 12.7. The van der Waals surface area contributed by atoms with Crippen molar-refractivity contribution in [1.29, 1.82) is 0 Å². The lowest BCUT2D eigenvalue weighted by Crippen LogP contribution is -2.62. The molecule has 83 heavy (non-hydrogen) atoms. The van der Waals surface area contributed by atoms with Crippen molar-refractivity contribution in [2.45, 2.75) is 136 Å². The highest BCUT2D eigenvalue weighted by molar-refractivity contribution is 7.91. The van der Waals surface area contributed by atoms with Gasteiger partial charge < -0.3 is 39.8 Å². The third-order valence-corrected chi connectivity index (χ3v) is 18.9. The second kappa shape index (κ2) is 24.2. The number of aryl methyl sites for hydroxylation is 1. The molecule has 3 aromatic heterocycles. The maximum absolute atomic E-state index is 15.0. The molecule has 20 heteroatoms. The number of ether oxygens (including phenoxy) is 3. The van der Waals surface area contributed by atoms with Crippen molar-refractivity contribution in [3.05, 3.63) is 108 Å². The standard InChI is InChI=1S/C63H79N9O10S/c1-9-71-54-17-14-42-29-49(54)51(57(71)50-30-44(32-65-55(50)38(4)80-8)45-33-66-70(35-45)34-39-19-23-83(78,79)24-20-39)31-63(5,6)36-82-62(77)52-11-10-21-72(68-52)60(75)53(27-40-25-43(42)28-47(73)26-40)67-59(74)56(37(2)3)69(7)61(76)58-48(18-22-81-58)41-12-15-46(64)16-13-41/h12-17,25-26,28-30,32-33,35,37-39,48,52-53,56,58,68,73H,9-11,18-24,27,31,34,36,64H2,1-8H3,(H,67,74)/t38-,48+,52-,53-,56-,58?/m0/s1. The van der Waals surface area contributed by atoms with Gasteiger partial charge in [0.1, 0.15) is 39.8 Å². The second-order valence-corrected chi connectivity index (χ2v) is 26.6. The Morgan fingerprint density at radius 1 is 0.964 bits per heavy atom. The first kappa shape index (κ1) is 59.0. The zero-order valence-corrected chi connectivity index (χ0v) is 49.7. The molecule has 7 heterocycles. The lowest BCUT2D eigenvalue weighted by Gasteiger charge is -2.37. The molecule has 6 aromatic rings. The third-order valence-electron chi connectivity index (χ3n) is 17.2.